The third-order valence-electron chi connectivity index (χ3n) is 4.66. The number of amides is 1. The molecule has 2 heterocycles. The van der Waals surface area contributed by atoms with Crippen molar-refractivity contribution in [3.05, 3.63) is 52.8 Å². The molecule has 3 rings (SSSR count). The number of hydrogen-bond donors (Lipinski definition) is 0. The Morgan fingerprint density at radius 1 is 1.27 bits per heavy atom. The minimum absolute atomic E-state index is 0.138. The van der Waals surface area contributed by atoms with Gasteiger partial charge in [0, 0.05) is 25.8 Å². The molecule has 1 fully saturated rings. The predicted molar refractivity (Wildman–Crippen MR) is 86.8 cm³/mol. The minimum atomic E-state index is 0.138. The van der Waals surface area contributed by atoms with Crippen LogP contribution in [0.2, 0.25) is 0 Å². The second-order valence-electron chi connectivity index (χ2n) is 6.27. The second kappa shape index (κ2) is 5.95. The topological polar surface area (TPSA) is 38.1 Å². The number of likely N-dealkylation sites (tertiary alicyclic amines) is 1. The molecular formula is C18H23N3O. The molecule has 0 spiro atoms. The van der Waals surface area contributed by atoms with Crippen LogP contribution >= 0.6 is 0 Å². The molecular weight excluding hydrogens is 274 g/mol. The molecule has 4 nitrogen and oxygen atoms in total. The summed E-state index contributed by atoms with van der Waals surface area (Å²) in [7, 11) is 1.89. The summed E-state index contributed by atoms with van der Waals surface area (Å²) in [6.07, 6.45) is 2.13. The molecule has 1 aliphatic heterocycles. The highest BCUT2D eigenvalue weighted by Crippen LogP contribution is 2.24. The average Bonchev–Trinajstić information content (AvgIpc) is 3.05. The number of carbonyl (C=O) groups excluding carboxylic acids is 1. The monoisotopic (exact) mass is 297 g/mol. The quantitative estimate of drug-likeness (QED) is 0.873. The zero-order valence-electron chi connectivity index (χ0n) is 13.5. The zero-order chi connectivity index (χ0) is 15.7. The van der Waals surface area contributed by atoms with Crippen molar-refractivity contribution in [3.63, 3.8) is 0 Å². The Morgan fingerprint density at radius 3 is 2.64 bits per heavy atom. The lowest BCUT2D eigenvalue weighted by Gasteiger charge is -2.17. The normalized spacial score (nSPS) is 18.0. The Balaban J connectivity index is 1.68. The number of benzene rings is 1. The number of nitrogens with zero attached hydrogens (tertiary/aromatic N) is 3. The fraction of sp³-hybridized carbons (Fsp3) is 0.444. The van der Waals surface area contributed by atoms with Crippen molar-refractivity contribution in [1.29, 1.82) is 0 Å². The lowest BCUT2D eigenvalue weighted by atomic mass is 9.99. The van der Waals surface area contributed by atoms with Crippen molar-refractivity contribution in [2.75, 3.05) is 13.1 Å². The van der Waals surface area contributed by atoms with Crippen LogP contribution in [0.3, 0.4) is 0 Å². The van der Waals surface area contributed by atoms with Gasteiger partial charge in [-0.2, -0.15) is 5.10 Å². The summed E-state index contributed by atoms with van der Waals surface area (Å²) in [4.78, 5) is 14.8. The van der Waals surface area contributed by atoms with Crippen molar-refractivity contribution in [2.45, 2.75) is 26.7 Å². The molecule has 1 amide bonds. The predicted octanol–water partition coefficient (Wildman–Crippen LogP) is 2.74. The van der Waals surface area contributed by atoms with Gasteiger partial charge in [-0.25, -0.2) is 0 Å². The number of aryl methyl sites for hydroxylation is 2. The van der Waals surface area contributed by atoms with Crippen LogP contribution < -0.4 is 0 Å². The van der Waals surface area contributed by atoms with Crippen LogP contribution in [-0.2, 0) is 13.5 Å². The zero-order valence-corrected chi connectivity index (χ0v) is 13.5. The van der Waals surface area contributed by atoms with Gasteiger partial charge in [0.1, 0.15) is 0 Å². The van der Waals surface area contributed by atoms with Crippen molar-refractivity contribution >= 4 is 5.91 Å². The fourth-order valence-electron chi connectivity index (χ4n) is 3.37. The van der Waals surface area contributed by atoms with Gasteiger partial charge in [0.05, 0.1) is 11.3 Å². The van der Waals surface area contributed by atoms with Gasteiger partial charge in [0.2, 0.25) is 0 Å². The Morgan fingerprint density at radius 2 is 2.00 bits per heavy atom. The summed E-state index contributed by atoms with van der Waals surface area (Å²) in [6.45, 7) is 5.58. The molecule has 0 radical (unpaired) electrons. The van der Waals surface area contributed by atoms with Crippen molar-refractivity contribution < 1.29 is 4.79 Å². The van der Waals surface area contributed by atoms with E-state index in [-0.39, 0.29) is 5.91 Å². The van der Waals surface area contributed by atoms with Gasteiger partial charge < -0.3 is 4.90 Å². The van der Waals surface area contributed by atoms with Crippen LogP contribution in [0.4, 0.5) is 0 Å². The van der Waals surface area contributed by atoms with Gasteiger partial charge in [-0.3, -0.25) is 9.48 Å². The summed E-state index contributed by atoms with van der Waals surface area (Å²) in [6, 6.07) is 10.5. The van der Waals surface area contributed by atoms with Crippen molar-refractivity contribution in [3.8, 4) is 0 Å². The van der Waals surface area contributed by atoms with Gasteiger partial charge in [-0.05, 0) is 38.2 Å². The molecule has 1 atom stereocenters. The van der Waals surface area contributed by atoms with Crippen LogP contribution in [0, 0.1) is 19.8 Å². The maximum absolute atomic E-state index is 12.8. The van der Waals surface area contributed by atoms with Gasteiger partial charge in [-0.1, -0.05) is 30.3 Å². The smallest absolute Gasteiger partial charge is 0.257 e. The molecule has 0 saturated carbocycles. The molecule has 4 heteroatoms. The Labute approximate surface area is 131 Å². The minimum Gasteiger partial charge on any atom is -0.338 e. The summed E-state index contributed by atoms with van der Waals surface area (Å²) < 4.78 is 1.79. The van der Waals surface area contributed by atoms with E-state index in [1.54, 1.807) is 4.68 Å². The number of aromatic nitrogens is 2. The van der Waals surface area contributed by atoms with Crippen LogP contribution in [0.15, 0.2) is 30.3 Å². The Bertz CT molecular complexity index is 675. The molecule has 1 aliphatic rings. The second-order valence-corrected chi connectivity index (χ2v) is 6.27. The molecule has 116 valence electrons. The summed E-state index contributed by atoms with van der Waals surface area (Å²) in [5.74, 6) is 0.697. The molecule has 0 aliphatic carbocycles. The van der Waals surface area contributed by atoms with Crippen molar-refractivity contribution in [1.82, 2.24) is 14.7 Å². The first-order valence-electron chi connectivity index (χ1n) is 7.89. The van der Waals surface area contributed by atoms with E-state index in [9.17, 15) is 4.79 Å². The molecule has 22 heavy (non-hydrogen) atoms. The summed E-state index contributed by atoms with van der Waals surface area (Å²) >= 11 is 0. The highest BCUT2D eigenvalue weighted by Gasteiger charge is 2.29. The third-order valence-corrected chi connectivity index (χ3v) is 4.66. The molecule has 0 bridgehead atoms. The van der Waals surface area contributed by atoms with Gasteiger partial charge in [0.25, 0.3) is 5.91 Å². The third kappa shape index (κ3) is 2.78. The highest BCUT2D eigenvalue weighted by molar-refractivity contribution is 5.96. The average molecular weight is 297 g/mol. The number of rotatable bonds is 3. The van der Waals surface area contributed by atoms with E-state index in [0.29, 0.717) is 5.92 Å². The number of hydrogen-bond acceptors (Lipinski definition) is 2. The van der Waals surface area contributed by atoms with E-state index in [0.717, 1.165) is 42.9 Å². The first-order valence-corrected chi connectivity index (χ1v) is 7.89. The highest BCUT2D eigenvalue weighted by atomic mass is 16.2. The molecule has 1 unspecified atom stereocenters. The van der Waals surface area contributed by atoms with Crippen LogP contribution in [-0.4, -0.2) is 33.7 Å². The molecule has 1 aromatic carbocycles. The van der Waals surface area contributed by atoms with Crippen LogP contribution in [0.25, 0.3) is 0 Å². The van der Waals surface area contributed by atoms with E-state index in [4.69, 9.17) is 0 Å². The fourth-order valence-corrected chi connectivity index (χ4v) is 3.37. The van der Waals surface area contributed by atoms with E-state index in [2.05, 4.69) is 29.4 Å². The Kier molecular flexibility index (Phi) is 4.01. The van der Waals surface area contributed by atoms with E-state index >= 15 is 0 Å². The molecule has 1 saturated heterocycles. The first kappa shape index (κ1) is 14.8. The number of carbonyl (C=O) groups is 1. The molecule has 1 aromatic heterocycles. The summed E-state index contributed by atoms with van der Waals surface area (Å²) in [5, 5.41) is 4.36. The van der Waals surface area contributed by atoms with E-state index in [1.807, 2.05) is 31.9 Å². The van der Waals surface area contributed by atoms with Crippen LogP contribution in [0.5, 0.6) is 0 Å². The standard InChI is InChI=1S/C18H23N3O/c1-13-17(14(2)20(3)19-13)18(22)21-10-9-16(12-21)11-15-7-5-4-6-8-15/h4-8,16H,9-12H2,1-3H3. The van der Waals surface area contributed by atoms with E-state index < -0.39 is 0 Å². The lowest BCUT2D eigenvalue weighted by molar-refractivity contribution is 0.0785. The summed E-state index contributed by atoms with van der Waals surface area (Å²) in [5.41, 5.74) is 3.92. The van der Waals surface area contributed by atoms with Gasteiger partial charge in [0.15, 0.2) is 0 Å². The van der Waals surface area contributed by atoms with Crippen LogP contribution in [0.1, 0.15) is 33.7 Å². The maximum atomic E-state index is 12.8. The van der Waals surface area contributed by atoms with Crippen molar-refractivity contribution in [2.24, 2.45) is 13.0 Å². The lowest BCUT2D eigenvalue weighted by Crippen LogP contribution is -2.29. The molecule has 0 N–H and O–H groups in total. The SMILES string of the molecule is Cc1nn(C)c(C)c1C(=O)N1CCC(Cc2ccccc2)C1. The largest absolute Gasteiger partial charge is 0.338 e. The maximum Gasteiger partial charge on any atom is 0.257 e. The van der Waals surface area contributed by atoms with Gasteiger partial charge >= 0.3 is 0 Å². The Hall–Kier alpha value is -2.10. The first-order chi connectivity index (χ1) is 10.6. The van der Waals surface area contributed by atoms with Gasteiger partial charge in [-0.15, -0.1) is 0 Å². The van der Waals surface area contributed by atoms with E-state index in [1.165, 1.54) is 5.56 Å². The molecule has 2 aromatic rings.